The molecule has 0 aliphatic heterocycles. The Morgan fingerprint density at radius 1 is 1.04 bits per heavy atom. The van der Waals surface area contributed by atoms with Crippen LogP contribution in [-0.2, 0) is 20.9 Å². The van der Waals surface area contributed by atoms with Gasteiger partial charge in [-0.3, -0.25) is 9.59 Å². The molecule has 2 aromatic carbocycles. The Labute approximate surface area is 145 Å². The minimum Gasteiger partial charge on any atom is -0.452 e. The summed E-state index contributed by atoms with van der Waals surface area (Å²) in [4.78, 5) is 35.5. The molecular weight excluding hydrogens is 322 g/mol. The van der Waals surface area contributed by atoms with Crippen LogP contribution in [0.15, 0.2) is 48.5 Å². The molecule has 0 spiro atoms. The molecule has 0 aliphatic carbocycles. The summed E-state index contributed by atoms with van der Waals surface area (Å²) < 4.78 is 10.0. The summed E-state index contributed by atoms with van der Waals surface area (Å²) in [6, 6.07) is 13.4. The first kappa shape index (κ1) is 18.4. The standard InChI is InChI=1S/C19H19NO5/c1-13(21)16-8-3-4-9-17(16)20-18(22)12-25-19(23)15-7-5-6-14(10-15)11-24-2/h3-10H,11-12H2,1-2H3,(H,20,22). The molecule has 0 saturated carbocycles. The van der Waals surface area contributed by atoms with E-state index in [9.17, 15) is 14.4 Å². The van der Waals surface area contributed by atoms with E-state index in [0.29, 0.717) is 23.4 Å². The number of hydrogen-bond acceptors (Lipinski definition) is 5. The number of hydrogen-bond donors (Lipinski definition) is 1. The highest BCUT2D eigenvalue weighted by atomic mass is 16.5. The van der Waals surface area contributed by atoms with Crippen LogP contribution in [0.3, 0.4) is 0 Å². The van der Waals surface area contributed by atoms with Crippen molar-refractivity contribution < 1.29 is 23.9 Å². The third kappa shape index (κ3) is 5.26. The average Bonchev–Trinajstić information content (AvgIpc) is 2.60. The van der Waals surface area contributed by atoms with E-state index in [2.05, 4.69) is 5.32 Å². The monoisotopic (exact) mass is 341 g/mol. The quantitative estimate of drug-likeness (QED) is 0.618. The second kappa shape index (κ2) is 8.75. The molecule has 0 unspecified atom stereocenters. The maximum Gasteiger partial charge on any atom is 0.338 e. The number of carbonyl (C=O) groups excluding carboxylic acids is 3. The van der Waals surface area contributed by atoms with Crippen molar-refractivity contribution >= 4 is 23.3 Å². The van der Waals surface area contributed by atoms with Gasteiger partial charge in [0.2, 0.25) is 0 Å². The highest BCUT2D eigenvalue weighted by Crippen LogP contribution is 2.15. The molecule has 2 aromatic rings. The Hall–Kier alpha value is -2.99. The van der Waals surface area contributed by atoms with Crippen LogP contribution in [-0.4, -0.2) is 31.4 Å². The van der Waals surface area contributed by atoms with Crippen LogP contribution in [0.25, 0.3) is 0 Å². The molecular formula is C19H19NO5. The van der Waals surface area contributed by atoms with Crippen LogP contribution in [0.2, 0.25) is 0 Å². The van der Waals surface area contributed by atoms with Gasteiger partial charge in [-0.2, -0.15) is 0 Å². The van der Waals surface area contributed by atoms with Crippen LogP contribution in [0.1, 0.15) is 33.2 Å². The minimum absolute atomic E-state index is 0.164. The van der Waals surface area contributed by atoms with Gasteiger partial charge in [0.15, 0.2) is 12.4 Å². The lowest BCUT2D eigenvalue weighted by Crippen LogP contribution is -2.22. The number of benzene rings is 2. The summed E-state index contributed by atoms with van der Waals surface area (Å²) in [5, 5.41) is 2.57. The maximum atomic E-state index is 12.0. The second-order valence-electron chi connectivity index (χ2n) is 5.36. The summed E-state index contributed by atoms with van der Waals surface area (Å²) >= 11 is 0. The number of esters is 1. The van der Waals surface area contributed by atoms with Crippen molar-refractivity contribution in [1.82, 2.24) is 0 Å². The van der Waals surface area contributed by atoms with Gasteiger partial charge in [0.1, 0.15) is 0 Å². The summed E-state index contributed by atoms with van der Waals surface area (Å²) in [6.45, 7) is 1.35. The molecule has 0 fully saturated rings. The minimum atomic E-state index is -0.604. The number of ether oxygens (including phenoxy) is 2. The Kier molecular flexibility index (Phi) is 6.42. The van der Waals surface area contributed by atoms with Gasteiger partial charge in [0.25, 0.3) is 5.91 Å². The smallest absolute Gasteiger partial charge is 0.338 e. The van der Waals surface area contributed by atoms with Crippen molar-refractivity contribution in [3.05, 3.63) is 65.2 Å². The zero-order valence-electron chi connectivity index (χ0n) is 14.1. The van der Waals surface area contributed by atoms with Gasteiger partial charge in [-0.05, 0) is 36.8 Å². The summed E-state index contributed by atoms with van der Waals surface area (Å²) in [5.74, 6) is -1.29. The van der Waals surface area contributed by atoms with E-state index < -0.39 is 18.5 Å². The number of nitrogens with one attached hydrogen (secondary N) is 1. The molecule has 0 aromatic heterocycles. The van der Waals surface area contributed by atoms with Gasteiger partial charge in [-0.25, -0.2) is 4.79 Å². The van der Waals surface area contributed by atoms with E-state index in [1.54, 1.807) is 49.6 Å². The number of rotatable bonds is 7. The van der Waals surface area contributed by atoms with E-state index in [-0.39, 0.29) is 5.78 Å². The first-order valence-corrected chi connectivity index (χ1v) is 7.66. The van der Waals surface area contributed by atoms with Crippen molar-refractivity contribution in [3.63, 3.8) is 0 Å². The molecule has 0 bridgehead atoms. The predicted molar refractivity (Wildman–Crippen MR) is 92.5 cm³/mol. The van der Waals surface area contributed by atoms with Crippen LogP contribution < -0.4 is 5.32 Å². The zero-order valence-corrected chi connectivity index (χ0v) is 14.1. The van der Waals surface area contributed by atoms with Crippen LogP contribution in [0.4, 0.5) is 5.69 Å². The van der Waals surface area contributed by atoms with Gasteiger partial charge in [-0.1, -0.05) is 24.3 Å². The Bertz CT molecular complexity index is 785. The van der Waals surface area contributed by atoms with Crippen molar-refractivity contribution in [1.29, 1.82) is 0 Å². The van der Waals surface area contributed by atoms with Gasteiger partial charge < -0.3 is 14.8 Å². The van der Waals surface area contributed by atoms with Crippen LogP contribution in [0.5, 0.6) is 0 Å². The molecule has 0 radical (unpaired) electrons. The van der Waals surface area contributed by atoms with Crippen molar-refractivity contribution in [3.8, 4) is 0 Å². The van der Waals surface area contributed by atoms with Gasteiger partial charge in [-0.15, -0.1) is 0 Å². The summed E-state index contributed by atoms with van der Waals surface area (Å²) in [5.41, 5.74) is 1.95. The lowest BCUT2D eigenvalue weighted by Gasteiger charge is -2.10. The molecule has 6 nitrogen and oxygen atoms in total. The molecule has 1 N–H and O–H groups in total. The molecule has 0 saturated heterocycles. The lowest BCUT2D eigenvalue weighted by molar-refractivity contribution is -0.119. The number of amides is 1. The number of carbonyl (C=O) groups is 3. The average molecular weight is 341 g/mol. The highest BCUT2D eigenvalue weighted by molar-refractivity contribution is 6.04. The van der Waals surface area contributed by atoms with Crippen LogP contribution >= 0.6 is 0 Å². The van der Waals surface area contributed by atoms with E-state index in [4.69, 9.17) is 9.47 Å². The summed E-state index contributed by atoms with van der Waals surface area (Å²) in [6.07, 6.45) is 0. The predicted octanol–water partition coefficient (Wildman–Crippen LogP) is 2.83. The third-order valence-electron chi connectivity index (χ3n) is 3.39. The number of ketones is 1. The first-order chi connectivity index (χ1) is 12.0. The van der Waals surface area contributed by atoms with E-state index >= 15 is 0 Å². The molecule has 2 rings (SSSR count). The van der Waals surface area contributed by atoms with Gasteiger partial charge in [0, 0.05) is 12.7 Å². The van der Waals surface area contributed by atoms with Crippen molar-refractivity contribution in [2.45, 2.75) is 13.5 Å². The normalized spacial score (nSPS) is 10.2. The summed E-state index contributed by atoms with van der Waals surface area (Å²) in [7, 11) is 1.56. The molecule has 1 amide bonds. The molecule has 0 atom stereocenters. The fourth-order valence-electron chi connectivity index (χ4n) is 2.25. The van der Waals surface area contributed by atoms with Crippen molar-refractivity contribution in [2.75, 3.05) is 19.0 Å². The zero-order chi connectivity index (χ0) is 18.2. The SMILES string of the molecule is COCc1cccc(C(=O)OCC(=O)Nc2ccccc2C(C)=O)c1. The molecule has 6 heteroatoms. The number of anilines is 1. The van der Waals surface area contributed by atoms with E-state index in [1.807, 2.05) is 6.07 Å². The number of para-hydroxylation sites is 1. The second-order valence-corrected chi connectivity index (χ2v) is 5.36. The molecule has 130 valence electrons. The van der Waals surface area contributed by atoms with Crippen molar-refractivity contribution in [2.24, 2.45) is 0 Å². The fraction of sp³-hybridized carbons (Fsp3) is 0.211. The Morgan fingerprint density at radius 2 is 1.80 bits per heavy atom. The largest absolute Gasteiger partial charge is 0.452 e. The lowest BCUT2D eigenvalue weighted by atomic mass is 10.1. The molecule has 0 aliphatic rings. The number of Topliss-reactive ketones (excluding diaryl/α,β-unsaturated/α-hetero) is 1. The van der Waals surface area contributed by atoms with Gasteiger partial charge in [0.05, 0.1) is 17.9 Å². The fourth-order valence-corrected chi connectivity index (χ4v) is 2.25. The molecule has 25 heavy (non-hydrogen) atoms. The third-order valence-corrected chi connectivity index (χ3v) is 3.39. The van der Waals surface area contributed by atoms with Gasteiger partial charge >= 0.3 is 5.97 Å². The molecule has 0 heterocycles. The maximum absolute atomic E-state index is 12.0. The highest BCUT2D eigenvalue weighted by Gasteiger charge is 2.13. The number of methoxy groups -OCH3 is 1. The Balaban J connectivity index is 1.95. The Morgan fingerprint density at radius 3 is 2.52 bits per heavy atom. The van der Waals surface area contributed by atoms with E-state index in [1.165, 1.54) is 6.92 Å². The topological polar surface area (TPSA) is 81.7 Å². The van der Waals surface area contributed by atoms with Crippen LogP contribution in [0, 0.1) is 0 Å². The first-order valence-electron chi connectivity index (χ1n) is 7.66. The van der Waals surface area contributed by atoms with E-state index in [0.717, 1.165) is 5.56 Å².